The highest BCUT2D eigenvalue weighted by molar-refractivity contribution is 6.30. The lowest BCUT2D eigenvalue weighted by Crippen LogP contribution is -2.35. The zero-order valence-corrected chi connectivity index (χ0v) is 27.4. The van der Waals surface area contributed by atoms with Crippen molar-refractivity contribution in [2.45, 2.75) is 19.3 Å². The number of pyridine rings is 1. The highest BCUT2D eigenvalue weighted by Crippen LogP contribution is 2.58. The van der Waals surface area contributed by atoms with E-state index >= 15 is 0 Å². The fourth-order valence-electron chi connectivity index (χ4n) is 9.51. The zero-order chi connectivity index (χ0) is 32.4. The Hall–Kier alpha value is -5.99. The molecule has 0 saturated carbocycles. The number of fused-ring (bicyclic) bond motifs is 8. The molecule has 0 amide bonds. The van der Waals surface area contributed by atoms with Crippen molar-refractivity contribution in [3.05, 3.63) is 180 Å². The van der Waals surface area contributed by atoms with Crippen molar-refractivity contribution in [2.24, 2.45) is 5.92 Å². The minimum absolute atomic E-state index is 0.157. The summed E-state index contributed by atoms with van der Waals surface area (Å²) in [4.78, 5) is 5.52. The third-order valence-electron chi connectivity index (χ3n) is 11.6. The van der Waals surface area contributed by atoms with Gasteiger partial charge in [0.25, 0.3) is 0 Å². The Morgan fingerprint density at radius 2 is 1.39 bits per heavy atom. The molecule has 0 bridgehead atoms. The lowest BCUT2D eigenvalue weighted by molar-refractivity contribution is 0.504. The topological polar surface area (TPSA) is 17.8 Å². The van der Waals surface area contributed by atoms with Gasteiger partial charge in [-0.2, -0.15) is 0 Å². The summed E-state index contributed by atoms with van der Waals surface area (Å²) in [5.41, 5.74) is 15.0. The van der Waals surface area contributed by atoms with Crippen molar-refractivity contribution in [1.82, 2.24) is 9.55 Å². The van der Waals surface area contributed by atoms with E-state index in [-0.39, 0.29) is 11.3 Å². The third-order valence-corrected chi connectivity index (χ3v) is 11.6. The Balaban J connectivity index is 1.36. The molecule has 3 aliphatic rings. The van der Waals surface area contributed by atoms with E-state index in [2.05, 4.69) is 170 Å². The van der Waals surface area contributed by atoms with Crippen LogP contribution in [0.25, 0.3) is 71.6 Å². The number of aromatic nitrogens is 2. The van der Waals surface area contributed by atoms with E-state index in [1.54, 1.807) is 0 Å². The number of aryl methyl sites for hydroxylation is 1. The maximum Gasteiger partial charge on any atom is 0.146 e. The van der Waals surface area contributed by atoms with E-state index in [1.165, 1.54) is 88.1 Å². The molecule has 8 aromatic rings. The van der Waals surface area contributed by atoms with E-state index < -0.39 is 0 Å². The summed E-state index contributed by atoms with van der Waals surface area (Å²) >= 11 is 0. The van der Waals surface area contributed by atoms with Crippen LogP contribution >= 0.6 is 0 Å². The van der Waals surface area contributed by atoms with Crippen molar-refractivity contribution < 1.29 is 0 Å². The number of hydrogen-bond acceptors (Lipinski definition) is 1. The van der Waals surface area contributed by atoms with Crippen molar-refractivity contribution >= 4 is 54.6 Å². The predicted molar refractivity (Wildman–Crippen MR) is 205 cm³/mol. The Morgan fingerprint density at radius 1 is 0.633 bits per heavy atom. The van der Waals surface area contributed by atoms with Crippen LogP contribution in [0.1, 0.15) is 34.7 Å². The van der Waals surface area contributed by atoms with Crippen LogP contribution in [0.5, 0.6) is 0 Å². The number of rotatable bonds is 2. The van der Waals surface area contributed by atoms with Crippen LogP contribution in [0.15, 0.2) is 152 Å². The van der Waals surface area contributed by atoms with E-state index in [1.807, 2.05) is 0 Å². The summed E-state index contributed by atoms with van der Waals surface area (Å²) in [5, 5.41) is 6.41. The van der Waals surface area contributed by atoms with Gasteiger partial charge in [0, 0.05) is 33.1 Å². The SMILES string of the molecule is Cc1c(-c2ccccc2)c(-n2c3cccc4c3c3c5c(cccc5ccc32)C2=C4C3C=CC=CC3(C)c3ccccc32)nc2ccccc12. The van der Waals surface area contributed by atoms with Crippen LogP contribution < -0.4 is 0 Å². The van der Waals surface area contributed by atoms with Gasteiger partial charge >= 0.3 is 0 Å². The normalized spacial score (nSPS) is 18.9. The number of benzene rings is 6. The van der Waals surface area contributed by atoms with Crippen LogP contribution in [0.3, 0.4) is 0 Å². The maximum absolute atomic E-state index is 5.52. The summed E-state index contributed by atoms with van der Waals surface area (Å²) < 4.78 is 2.46. The number of hydrogen-bond donors (Lipinski definition) is 0. The molecule has 0 N–H and O–H groups in total. The Bertz CT molecular complexity index is 2840. The molecular formula is C47H32N2. The number of para-hydroxylation sites is 1. The highest BCUT2D eigenvalue weighted by atomic mass is 15.1. The van der Waals surface area contributed by atoms with Gasteiger partial charge in [0.05, 0.1) is 16.6 Å². The first-order valence-electron chi connectivity index (χ1n) is 17.3. The van der Waals surface area contributed by atoms with Crippen LogP contribution in [-0.4, -0.2) is 9.55 Å². The largest absolute Gasteiger partial charge is 0.293 e. The van der Waals surface area contributed by atoms with Crippen molar-refractivity contribution in [3.63, 3.8) is 0 Å². The van der Waals surface area contributed by atoms with Gasteiger partial charge in [0.2, 0.25) is 0 Å². The van der Waals surface area contributed by atoms with Gasteiger partial charge in [-0.05, 0) is 80.4 Å². The highest BCUT2D eigenvalue weighted by Gasteiger charge is 2.44. The smallest absolute Gasteiger partial charge is 0.146 e. The molecule has 0 radical (unpaired) electrons. The van der Waals surface area contributed by atoms with Gasteiger partial charge in [-0.1, -0.05) is 140 Å². The Morgan fingerprint density at radius 3 is 2.31 bits per heavy atom. The molecular weight excluding hydrogens is 593 g/mol. The molecule has 2 nitrogen and oxygen atoms in total. The van der Waals surface area contributed by atoms with Crippen molar-refractivity contribution in [3.8, 4) is 16.9 Å². The van der Waals surface area contributed by atoms with E-state index in [0.29, 0.717) is 0 Å². The molecule has 2 aromatic heterocycles. The third kappa shape index (κ3) is 3.38. The van der Waals surface area contributed by atoms with Gasteiger partial charge in [-0.25, -0.2) is 4.98 Å². The van der Waals surface area contributed by atoms with Crippen molar-refractivity contribution in [1.29, 1.82) is 0 Å². The molecule has 0 fully saturated rings. The van der Waals surface area contributed by atoms with Gasteiger partial charge in [0.1, 0.15) is 5.82 Å². The molecule has 2 heterocycles. The quantitative estimate of drug-likeness (QED) is 0.187. The van der Waals surface area contributed by atoms with E-state index in [4.69, 9.17) is 4.98 Å². The first kappa shape index (κ1) is 27.0. The van der Waals surface area contributed by atoms with Gasteiger partial charge in [0.15, 0.2) is 0 Å². The first-order valence-corrected chi connectivity index (χ1v) is 17.3. The molecule has 0 spiro atoms. The van der Waals surface area contributed by atoms with Gasteiger partial charge in [-0.15, -0.1) is 0 Å². The lowest BCUT2D eigenvalue weighted by atomic mass is 9.59. The molecule has 11 rings (SSSR count). The predicted octanol–water partition coefficient (Wildman–Crippen LogP) is 11.7. The maximum atomic E-state index is 5.52. The number of nitrogens with zero attached hydrogens (tertiary/aromatic N) is 2. The van der Waals surface area contributed by atoms with Gasteiger partial charge < -0.3 is 0 Å². The molecule has 3 aliphatic carbocycles. The lowest BCUT2D eigenvalue weighted by Gasteiger charge is -2.44. The summed E-state index contributed by atoms with van der Waals surface area (Å²) in [6.07, 6.45) is 9.35. The van der Waals surface area contributed by atoms with Crippen LogP contribution in [0.4, 0.5) is 0 Å². The molecule has 0 saturated heterocycles. The standard InChI is InChI=1S/C47H32N2/c1-28-31-17-7-9-23-37(31)48-46(40(28)29-14-4-3-5-15-29)49-38-24-13-20-34-43-36-22-10-11-27-47(36,2)35-21-8-6-18-32(35)42(43)33-19-12-16-30-25-26-39(49)45(41(30)33)44(34)38/h3-27,36H,1-2H3. The van der Waals surface area contributed by atoms with E-state index in [0.717, 1.165) is 11.3 Å². The summed E-state index contributed by atoms with van der Waals surface area (Å²) in [7, 11) is 0. The minimum atomic E-state index is -0.157. The van der Waals surface area contributed by atoms with Gasteiger partial charge in [-0.3, -0.25) is 4.57 Å². The molecule has 2 unspecified atom stereocenters. The van der Waals surface area contributed by atoms with Crippen LogP contribution in [0.2, 0.25) is 0 Å². The Kier molecular flexibility index (Phi) is 5.26. The number of allylic oxidation sites excluding steroid dienone is 5. The molecule has 6 aromatic carbocycles. The molecule has 230 valence electrons. The fraction of sp³-hybridized carbons (Fsp3) is 0.0851. The molecule has 49 heavy (non-hydrogen) atoms. The fourth-order valence-corrected chi connectivity index (χ4v) is 9.51. The summed E-state index contributed by atoms with van der Waals surface area (Å²) in [6.45, 7) is 4.68. The van der Waals surface area contributed by atoms with Crippen molar-refractivity contribution in [2.75, 3.05) is 0 Å². The average Bonchev–Trinajstić information content (AvgIpc) is 3.42. The zero-order valence-electron chi connectivity index (χ0n) is 27.4. The molecule has 2 atom stereocenters. The molecule has 2 heteroatoms. The average molecular weight is 625 g/mol. The summed E-state index contributed by atoms with van der Waals surface area (Å²) in [6, 6.07) is 47.0. The second-order valence-corrected chi connectivity index (χ2v) is 14.1. The second-order valence-electron chi connectivity index (χ2n) is 14.1. The molecule has 0 aliphatic heterocycles. The van der Waals surface area contributed by atoms with Crippen LogP contribution in [-0.2, 0) is 5.41 Å². The summed E-state index contributed by atoms with van der Waals surface area (Å²) in [5.74, 6) is 1.17. The monoisotopic (exact) mass is 624 g/mol. The van der Waals surface area contributed by atoms with Crippen LogP contribution in [0, 0.1) is 12.8 Å². The first-order chi connectivity index (χ1) is 24.1. The minimum Gasteiger partial charge on any atom is -0.293 e. The second kappa shape index (κ2) is 9.55. The van der Waals surface area contributed by atoms with E-state index in [9.17, 15) is 0 Å². The Labute approximate surface area is 285 Å².